The maximum Gasteiger partial charge on any atom is 0.0452 e. The molecule has 1 aliphatic carbocycles. The fraction of sp³-hybridized carbons (Fsp3) is 0.600. The molecule has 0 radical (unpaired) electrons. The van der Waals surface area contributed by atoms with Crippen LogP contribution in [-0.2, 0) is 6.42 Å². The van der Waals surface area contributed by atoms with Gasteiger partial charge in [0.05, 0.1) is 0 Å². The van der Waals surface area contributed by atoms with Gasteiger partial charge in [-0.05, 0) is 54.7 Å². The molecule has 1 aromatic carbocycles. The molecule has 18 heavy (non-hydrogen) atoms. The van der Waals surface area contributed by atoms with Gasteiger partial charge in [0.1, 0.15) is 0 Å². The maximum absolute atomic E-state index is 6.26. The lowest BCUT2D eigenvalue weighted by Gasteiger charge is -2.39. The van der Waals surface area contributed by atoms with Gasteiger partial charge in [-0.15, -0.1) is 0 Å². The Labute approximate surface area is 120 Å². The summed E-state index contributed by atoms with van der Waals surface area (Å²) < 4.78 is 0. The molecule has 1 aliphatic rings. The van der Waals surface area contributed by atoms with E-state index in [4.69, 9.17) is 28.9 Å². The van der Waals surface area contributed by atoms with Crippen molar-refractivity contribution in [2.75, 3.05) is 0 Å². The quantitative estimate of drug-likeness (QED) is 0.838. The maximum atomic E-state index is 6.26. The van der Waals surface area contributed by atoms with Gasteiger partial charge >= 0.3 is 0 Å². The molecule has 2 rings (SSSR count). The van der Waals surface area contributed by atoms with E-state index in [2.05, 4.69) is 13.8 Å². The van der Waals surface area contributed by atoms with E-state index in [9.17, 15) is 0 Å². The SMILES string of the molecule is CC1(C)CCC(N)C(Cc2ccc(Cl)cc2Cl)C1. The van der Waals surface area contributed by atoms with Crippen LogP contribution in [0.4, 0.5) is 0 Å². The lowest BCUT2D eigenvalue weighted by molar-refractivity contribution is 0.157. The molecule has 1 nitrogen and oxygen atoms in total. The largest absolute Gasteiger partial charge is 0.327 e. The Balaban J connectivity index is 2.12. The van der Waals surface area contributed by atoms with E-state index in [-0.39, 0.29) is 0 Å². The third-order valence-corrected chi connectivity index (χ3v) is 4.66. The second-order valence-corrected chi connectivity index (χ2v) is 7.11. The Kier molecular flexibility index (Phi) is 4.25. The monoisotopic (exact) mass is 285 g/mol. The summed E-state index contributed by atoms with van der Waals surface area (Å²) >= 11 is 12.2. The third kappa shape index (κ3) is 3.40. The smallest absolute Gasteiger partial charge is 0.0452 e. The minimum Gasteiger partial charge on any atom is -0.327 e. The fourth-order valence-corrected chi connectivity index (χ4v) is 3.44. The van der Waals surface area contributed by atoms with Crippen LogP contribution in [0.2, 0.25) is 10.0 Å². The second kappa shape index (κ2) is 5.40. The number of rotatable bonds is 2. The Hall–Kier alpha value is -0.240. The summed E-state index contributed by atoms with van der Waals surface area (Å²) in [6, 6.07) is 6.05. The van der Waals surface area contributed by atoms with Crippen molar-refractivity contribution < 1.29 is 0 Å². The van der Waals surface area contributed by atoms with E-state index < -0.39 is 0 Å². The van der Waals surface area contributed by atoms with Crippen molar-refractivity contribution in [1.82, 2.24) is 0 Å². The van der Waals surface area contributed by atoms with Gasteiger partial charge in [0.25, 0.3) is 0 Å². The zero-order valence-electron chi connectivity index (χ0n) is 11.0. The highest BCUT2D eigenvalue weighted by Gasteiger charge is 2.33. The molecule has 0 saturated heterocycles. The molecule has 0 bridgehead atoms. The summed E-state index contributed by atoms with van der Waals surface area (Å²) in [6.07, 6.45) is 4.47. The van der Waals surface area contributed by atoms with Gasteiger partial charge in [0.2, 0.25) is 0 Å². The van der Waals surface area contributed by atoms with E-state index >= 15 is 0 Å². The first kappa shape index (κ1) is 14.2. The average Bonchev–Trinajstić information content (AvgIpc) is 2.27. The molecular weight excluding hydrogens is 265 g/mol. The average molecular weight is 286 g/mol. The number of benzene rings is 1. The first-order chi connectivity index (χ1) is 8.37. The predicted octanol–water partition coefficient (Wildman–Crippen LogP) is 4.69. The molecule has 3 heteroatoms. The number of hydrogen-bond acceptors (Lipinski definition) is 1. The van der Waals surface area contributed by atoms with Crippen molar-refractivity contribution in [3.63, 3.8) is 0 Å². The summed E-state index contributed by atoms with van der Waals surface area (Å²) in [5.74, 6) is 0.521. The Bertz CT molecular complexity index is 429. The highest BCUT2D eigenvalue weighted by molar-refractivity contribution is 6.35. The van der Waals surface area contributed by atoms with Crippen molar-refractivity contribution in [1.29, 1.82) is 0 Å². The minimum atomic E-state index is 0.296. The Morgan fingerprint density at radius 3 is 2.72 bits per heavy atom. The molecule has 100 valence electrons. The van der Waals surface area contributed by atoms with Crippen LogP contribution in [0.3, 0.4) is 0 Å². The molecule has 0 aliphatic heterocycles. The third-order valence-electron chi connectivity index (χ3n) is 4.07. The van der Waals surface area contributed by atoms with Crippen LogP contribution < -0.4 is 5.73 Å². The highest BCUT2D eigenvalue weighted by atomic mass is 35.5. The van der Waals surface area contributed by atoms with Gasteiger partial charge in [-0.3, -0.25) is 0 Å². The summed E-state index contributed by atoms with van der Waals surface area (Å²) in [7, 11) is 0. The molecule has 1 aromatic rings. The van der Waals surface area contributed by atoms with E-state index in [1.54, 1.807) is 0 Å². The first-order valence-corrected chi connectivity index (χ1v) is 7.32. The summed E-state index contributed by atoms with van der Waals surface area (Å²) in [4.78, 5) is 0. The normalized spacial score (nSPS) is 27.2. The lowest BCUT2D eigenvalue weighted by atomic mass is 9.68. The number of hydrogen-bond donors (Lipinski definition) is 1. The van der Waals surface area contributed by atoms with Gasteiger partial charge < -0.3 is 5.73 Å². The van der Waals surface area contributed by atoms with E-state index in [0.29, 0.717) is 22.4 Å². The zero-order valence-corrected chi connectivity index (χ0v) is 12.6. The van der Waals surface area contributed by atoms with Crippen molar-refractivity contribution in [2.24, 2.45) is 17.1 Å². The van der Waals surface area contributed by atoms with Crippen LogP contribution in [0.1, 0.15) is 38.7 Å². The molecule has 2 unspecified atom stereocenters. The molecule has 2 atom stereocenters. The van der Waals surface area contributed by atoms with Crippen LogP contribution in [0.25, 0.3) is 0 Å². The van der Waals surface area contributed by atoms with Crippen molar-refractivity contribution >= 4 is 23.2 Å². The standard InChI is InChI=1S/C15H21Cl2N/c1-15(2)6-5-14(18)11(9-15)7-10-3-4-12(16)8-13(10)17/h3-4,8,11,14H,5-7,9,18H2,1-2H3. The van der Waals surface area contributed by atoms with Gasteiger partial charge in [-0.2, -0.15) is 0 Å². The molecule has 0 spiro atoms. The lowest BCUT2D eigenvalue weighted by Crippen LogP contribution is -2.40. The second-order valence-electron chi connectivity index (χ2n) is 6.27. The van der Waals surface area contributed by atoms with Crippen molar-refractivity contribution in [2.45, 2.75) is 45.6 Å². The Morgan fingerprint density at radius 1 is 1.33 bits per heavy atom. The van der Waals surface area contributed by atoms with Crippen molar-refractivity contribution in [3.05, 3.63) is 33.8 Å². The molecular formula is C15H21Cl2N. The predicted molar refractivity (Wildman–Crippen MR) is 79.3 cm³/mol. The summed E-state index contributed by atoms with van der Waals surface area (Å²) in [5.41, 5.74) is 7.83. The molecule has 2 N–H and O–H groups in total. The summed E-state index contributed by atoms with van der Waals surface area (Å²) in [6.45, 7) is 4.66. The van der Waals surface area contributed by atoms with Crippen LogP contribution in [0, 0.1) is 11.3 Å². The first-order valence-electron chi connectivity index (χ1n) is 6.57. The van der Waals surface area contributed by atoms with Gasteiger partial charge in [0.15, 0.2) is 0 Å². The van der Waals surface area contributed by atoms with Gasteiger partial charge in [-0.25, -0.2) is 0 Å². The fourth-order valence-electron chi connectivity index (χ4n) is 2.95. The van der Waals surface area contributed by atoms with Crippen molar-refractivity contribution in [3.8, 4) is 0 Å². The topological polar surface area (TPSA) is 26.0 Å². The summed E-state index contributed by atoms with van der Waals surface area (Å²) in [5, 5.41) is 1.45. The minimum absolute atomic E-state index is 0.296. The molecule has 1 fully saturated rings. The Morgan fingerprint density at radius 2 is 2.06 bits per heavy atom. The van der Waals surface area contributed by atoms with Crippen LogP contribution >= 0.6 is 23.2 Å². The van der Waals surface area contributed by atoms with E-state index in [1.807, 2.05) is 18.2 Å². The van der Waals surface area contributed by atoms with Gasteiger partial charge in [-0.1, -0.05) is 43.1 Å². The van der Waals surface area contributed by atoms with Crippen LogP contribution in [-0.4, -0.2) is 6.04 Å². The number of halogens is 2. The highest BCUT2D eigenvalue weighted by Crippen LogP contribution is 2.40. The van der Waals surface area contributed by atoms with E-state index in [0.717, 1.165) is 17.9 Å². The molecule has 0 aromatic heterocycles. The molecule has 1 saturated carbocycles. The van der Waals surface area contributed by atoms with Crippen LogP contribution in [0.15, 0.2) is 18.2 Å². The van der Waals surface area contributed by atoms with Crippen LogP contribution in [0.5, 0.6) is 0 Å². The molecule has 0 amide bonds. The number of nitrogens with two attached hydrogens (primary N) is 1. The van der Waals surface area contributed by atoms with Gasteiger partial charge in [0, 0.05) is 16.1 Å². The zero-order chi connectivity index (χ0) is 13.3. The molecule has 0 heterocycles. The van der Waals surface area contributed by atoms with E-state index in [1.165, 1.54) is 18.4 Å².